The maximum Gasteiger partial charge on any atom is 0.407 e. The molecule has 3 N–H and O–H groups in total. The van der Waals surface area contributed by atoms with Crippen LogP contribution in [0.15, 0.2) is 30.3 Å². The molecule has 0 aromatic heterocycles. The number of nitrogen functional groups attached to an aromatic ring is 1. The number of hydrogen-bond donors (Lipinski definition) is 2. The number of carboxylic acid groups (broad SMARTS) is 1. The highest BCUT2D eigenvalue weighted by Gasteiger charge is 2.35. The molecule has 1 atom stereocenters. The van der Waals surface area contributed by atoms with Gasteiger partial charge in [-0.2, -0.15) is 0 Å². The Morgan fingerprint density at radius 3 is 2.40 bits per heavy atom. The number of benzene rings is 1. The van der Waals surface area contributed by atoms with Crippen molar-refractivity contribution < 1.29 is 9.90 Å². The quantitative estimate of drug-likeness (QED) is 0.771. The van der Waals surface area contributed by atoms with E-state index in [1.165, 1.54) is 10.5 Å². The van der Waals surface area contributed by atoms with E-state index in [0.29, 0.717) is 6.54 Å². The summed E-state index contributed by atoms with van der Waals surface area (Å²) in [6.07, 6.45) is 1.89. The minimum absolute atomic E-state index is 0.0162. The Hall–Kier alpha value is -1.97. The zero-order valence-corrected chi connectivity index (χ0v) is 12.3. The Balaban J connectivity index is 2.30. The number of anilines is 1. The molecule has 2 rings (SSSR count). The Kier molecular flexibility index (Phi) is 3.75. The first-order chi connectivity index (χ1) is 9.29. The molecule has 0 fully saturated rings. The summed E-state index contributed by atoms with van der Waals surface area (Å²) in [6.45, 7) is 6.69. The molecule has 1 heterocycles. The lowest BCUT2D eigenvalue weighted by Gasteiger charge is -2.41. The summed E-state index contributed by atoms with van der Waals surface area (Å²) < 4.78 is 0. The fourth-order valence-corrected chi connectivity index (χ4v) is 2.66. The van der Waals surface area contributed by atoms with Crippen LogP contribution in [0.2, 0.25) is 0 Å². The summed E-state index contributed by atoms with van der Waals surface area (Å²) in [5, 5.41) is 9.35. The van der Waals surface area contributed by atoms with Gasteiger partial charge in [0.2, 0.25) is 0 Å². The summed E-state index contributed by atoms with van der Waals surface area (Å²) in [5.41, 5.74) is 8.68. The molecule has 0 aliphatic carbocycles. The summed E-state index contributed by atoms with van der Waals surface area (Å²) in [7, 11) is 0. The SMILES string of the molecule is CC(C)(C)C1CC(c2ccc(N)cc2)=CCN1C(=O)O. The van der Waals surface area contributed by atoms with E-state index in [-0.39, 0.29) is 11.5 Å². The van der Waals surface area contributed by atoms with Crippen molar-refractivity contribution in [2.45, 2.75) is 33.2 Å². The van der Waals surface area contributed by atoms with Gasteiger partial charge in [-0.15, -0.1) is 0 Å². The molecule has 4 heteroatoms. The van der Waals surface area contributed by atoms with Gasteiger partial charge in [0.1, 0.15) is 0 Å². The highest BCUT2D eigenvalue weighted by Crippen LogP contribution is 2.35. The monoisotopic (exact) mass is 274 g/mol. The van der Waals surface area contributed by atoms with Gasteiger partial charge in [0.05, 0.1) is 0 Å². The molecule has 0 bridgehead atoms. The summed E-state index contributed by atoms with van der Waals surface area (Å²) in [6, 6.07) is 7.74. The second-order valence-corrected chi connectivity index (χ2v) is 6.37. The normalized spacial score (nSPS) is 19.6. The van der Waals surface area contributed by atoms with Gasteiger partial charge < -0.3 is 15.7 Å². The van der Waals surface area contributed by atoms with Gasteiger partial charge >= 0.3 is 6.09 Å². The zero-order chi connectivity index (χ0) is 14.9. The van der Waals surface area contributed by atoms with E-state index in [2.05, 4.69) is 20.8 Å². The average Bonchev–Trinajstić information content (AvgIpc) is 2.38. The maximum absolute atomic E-state index is 11.4. The standard InChI is InChI=1S/C16H22N2O2/c1-16(2,3)14-10-12(8-9-18(14)15(19)20)11-4-6-13(17)7-5-11/h4-8,14H,9-10,17H2,1-3H3,(H,19,20). The van der Waals surface area contributed by atoms with Crippen molar-refractivity contribution in [3.8, 4) is 0 Å². The second kappa shape index (κ2) is 5.19. The summed E-state index contributed by atoms with van der Waals surface area (Å²) in [4.78, 5) is 12.9. The number of nitrogens with zero attached hydrogens (tertiary/aromatic N) is 1. The van der Waals surface area contributed by atoms with Crippen molar-refractivity contribution in [3.05, 3.63) is 35.9 Å². The van der Waals surface area contributed by atoms with Crippen molar-refractivity contribution in [2.75, 3.05) is 12.3 Å². The van der Waals surface area contributed by atoms with Gasteiger partial charge in [0.15, 0.2) is 0 Å². The minimum Gasteiger partial charge on any atom is -0.465 e. The van der Waals surface area contributed by atoms with E-state index in [9.17, 15) is 9.90 Å². The molecule has 20 heavy (non-hydrogen) atoms. The molecule has 108 valence electrons. The lowest BCUT2D eigenvalue weighted by molar-refractivity contribution is 0.0884. The topological polar surface area (TPSA) is 66.6 Å². The number of rotatable bonds is 1. The number of carbonyl (C=O) groups is 1. The summed E-state index contributed by atoms with van der Waals surface area (Å²) >= 11 is 0. The Bertz CT molecular complexity index is 526. The zero-order valence-electron chi connectivity index (χ0n) is 12.3. The number of nitrogens with two attached hydrogens (primary N) is 1. The van der Waals surface area contributed by atoms with Gasteiger partial charge in [0, 0.05) is 18.3 Å². The highest BCUT2D eigenvalue weighted by molar-refractivity contribution is 5.72. The van der Waals surface area contributed by atoms with Crippen LogP contribution in [0.3, 0.4) is 0 Å². The van der Waals surface area contributed by atoms with E-state index < -0.39 is 6.09 Å². The Morgan fingerprint density at radius 2 is 1.90 bits per heavy atom. The molecule has 0 radical (unpaired) electrons. The van der Waals surface area contributed by atoms with Crippen LogP contribution >= 0.6 is 0 Å². The highest BCUT2D eigenvalue weighted by atomic mass is 16.4. The smallest absolute Gasteiger partial charge is 0.407 e. The van der Waals surface area contributed by atoms with Crippen molar-refractivity contribution in [3.63, 3.8) is 0 Å². The molecule has 1 amide bonds. The molecule has 0 spiro atoms. The van der Waals surface area contributed by atoms with Crippen molar-refractivity contribution in [2.24, 2.45) is 5.41 Å². The molecule has 0 saturated heterocycles. The van der Waals surface area contributed by atoms with Gasteiger partial charge in [-0.3, -0.25) is 0 Å². The first kappa shape index (κ1) is 14.4. The van der Waals surface area contributed by atoms with Gasteiger partial charge in [0.25, 0.3) is 0 Å². The van der Waals surface area contributed by atoms with Gasteiger partial charge in [-0.25, -0.2) is 4.79 Å². The third kappa shape index (κ3) is 2.95. The first-order valence-corrected chi connectivity index (χ1v) is 6.83. The fourth-order valence-electron chi connectivity index (χ4n) is 2.66. The van der Waals surface area contributed by atoms with E-state index in [4.69, 9.17) is 5.73 Å². The van der Waals surface area contributed by atoms with Gasteiger partial charge in [-0.1, -0.05) is 39.0 Å². The molecule has 1 aromatic rings. The lowest BCUT2D eigenvalue weighted by atomic mass is 9.79. The van der Waals surface area contributed by atoms with Crippen LogP contribution in [-0.2, 0) is 0 Å². The van der Waals surface area contributed by atoms with E-state index in [0.717, 1.165) is 17.7 Å². The first-order valence-electron chi connectivity index (χ1n) is 6.83. The number of hydrogen-bond acceptors (Lipinski definition) is 2. The third-order valence-corrected chi connectivity index (χ3v) is 3.85. The Morgan fingerprint density at radius 1 is 1.30 bits per heavy atom. The van der Waals surface area contributed by atoms with E-state index in [1.54, 1.807) is 0 Å². The third-order valence-electron chi connectivity index (χ3n) is 3.85. The molecule has 0 saturated carbocycles. The van der Waals surface area contributed by atoms with Crippen LogP contribution in [0.4, 0.5) is 10.5 Å². The minimum atomic E-state index is -0.850. The van der Waals surface area contributed by atoms with Crippen LogP contribution in [0.25, 0.3) is 5.57 Å². The van der Waals surface area contributed by atoms with Crippen LogP contribution < -0.4 is 5.73 Å². The molecular weight excluding hydrogens is 252 g/mol. The molecule has 1 aliphatic heterocycles. The molecule has 1 aromatic carbocycles. The van der Waals surface area contributed by atoms with Crippen molar-refractivity contribution >= 4 is 17.4 Å². The predicted molar refractivity (Wildman–Crippen MR) is 81.4 cm³/mol. The largest absolute Gasteiger partial charge is 0.465 e. The van der Waals surface area contributed by atoms with Gasteiger partial charge in [-0.05, 0) is 35.1 Å². The number of amides is 1. The summed E-state index contributed by atoms with van der Waals surface area (Å²) in [5.74, 6) is 0. The molecular formula is C16H22N2O2. The van der Waals surface area contributed by atoms with Crippen molar-refractivity contribution in [1.29, 1.82) is 0 Å². The second-order valence-electron chi connectivity index (χ2n) is 6.37. The van der Waals surface area contributed by atoms with Crippen molar-refractivity contribution in [1.82, 2.24) is 4.90 Å². The molecule has 1 aliphatic rings. The maximum atomic E-state index is 11.4. The van der Waals surface area contributed by atoms with Crippen LogP contribution in [0.1, 0.15) is 32.8 Å². The average molecular weight is 274 g/mol. The molecule has 1 unspecified atom stereocenters. The van der Waals surface area contributed by atoms with Crippen LogP contribution in [0.5, 0.6) is 0 Å². The lowest BCUT2D eigenvalue weighted by Crippen LogP contribution is -2.48. The van der Waals surface area contributed by atoms with Crippen LogP contribution in [0, 0.1) is 5.41 Å². The Labute approximate surface area is 119 Å². The van der Waals surface area contributed by atoms with E-state index in [1.807, 2.05) is 30.3 Å². The van der Waals surface area contributed by atoms with Crippen LogP contribution in [-0.4, -0.2) is 28.7 Å². The fraction of sp³-hybridized carbons (Fsp3) is 0.438. The predicted octanol–water partition coefficient (Wildman–Crippen LogP) is 3.45. The van der Waals surface area contributed by atoms with E-state index >= 15 is 0 Å². The molecule has 4 nitrogen and oxygen atoms in total.